The van der Waals surface area contributed by atoms with E-state index in [0.717, 1.165) is 11.8 Å². The normalized spacial score (nSPS) is 11.4. The van der Waals surface area contributed by atoms with Gasteiger partial charge in [0, 0.05) is 12.3 Å². The maximum atomic E-state index is 11.9. The lowest BCUT2D eigenvalue weighted by atomic mass is 10.1. The van der Waals surface area contributed by atoms with Gasteiger partial charge in [-0.15, -0.1) is 5.10 Å². The van der Waals surface area contributed by atoms with Gasteiger partial charge in [-0.3, -0.25) is 10.1 Å². The number of rotatable bonds is 5. The van der Waals surface area contributed by atoms with E-state index in [2.05, 4.69) is 20.7 Å². The summed E-state index contributed by atoms with van der Waals surface area (Å²) in [6.45, 7) is 1.69. The molecule has 0 fully saturated rings. The average Bonchev–Trinajstić information content (AvgIpc) is 3.16. The minimum Gasteiger partial charge on any atom is -0.407 e. The first kappa shape index (κ1) is 16.8. The molecule has 10 heteroatoms. The van der Waals surface area contributed by atoms with Gasteiger partial charge in [0.05, 0.1) is 17.0 Å². The van der Waals surface area contributed by atoms with Gasteiger partial charge in [0.25, 0.3) is 5.91 Å². The molecule has 130 valence electrons. The first-order valence-electron chi connectivity index (χ1n) is 7.17. The Labute approximate surface area is 143 Å². The van der Waals surface area contributed by atoms with Crippen LogP contribution < -0.4 is 5.32 Å². The number of anilines is 1. The Balaban J connectivity index is 1.66. The van der Waals surface area contributed by atoms with Gasteiger partial charge in [0.15, 0.2) is 9.84 Å². The van der Waals surface area contributed by atoms with E-state index in [1.165, 1.54) is 18.2 Å². The van der Waals surface area contributed by atoms with Gasteiger partial charge in [-0.2, -0.15) is 0 Å². The molecular formula is C15H14N4O5S. The van der Waals surface area contributed by atoms with Crippen molar-refractivity contribution in [1.82, 2.24) is 15.4 Å². The van der Waals surface area contributed by atoms with Crippen molar-refractivity contribution in [2.45, 2.75) is 18.2 Å². The van der Waals surface area contributed by atoms with Crippen molar-refractivity contribution in [3.8, 4) is 0 Å². The maximum absolute atomic E-state index is 11.9. The van der Waals surface area contributed by atoms with Crippen molar-refractivity contribution in [3.05, 3.63) is 53.2 Å². The van der Waals surface area contributed by atoms with E-state index in [4.69, 9.17) is 8.94 Å². The average molecular weight is 362 g/mol. The molecular weight excluding hydrogens is 348 g/mol. The van der Waals surface area contributed by atoms with Crippen LogP contribution in [0.3, 0.4) is 0 Å². The van der Waals surface area contributed by atoms with Gasteiger partial charge in [0.2, 0.25) is 11.7 Å². The smallest absolute Gasteiger partial charge is 0.322 e. The number of carbonyl (C=O) groups is 1. The Kier molecular flexibility index (Phi) is 4.36. The van der Waals surface area contributed by atoms with Crippen LogP contribution in [0.15, 0.2) is 44.2 Å². The van der Waals surface area contributed by atoms with Gasteiger partial charge in [-0.05, 0) is 24.6 Å². The second-order valence-electron chi connectivity index (χ2n) is 5.38. The molecule has 0 radical (unpaired) electrons. The van der Waals surface area contributed by atoms with E-state index in [1.807, 2.05) is 0 Å². The number of sulfone groups is 1. The third-order valence-electron chi connectivity index (χ3n) is 3.25. The number of aromatic nitrogens is 3. The Bertz CT molecular complexity index is 1000. The Morgan fingerprint density at radius 3 is 2.52 bits per heavy atom. The zero-order chi connectivity index (χ0) is 18.0. The van der Waals surface area contributed by atoms with Gasteiger partial charge >= 0.3 is 6.01 Å². The van der Waals surface area contributed by atoms with E-state index in [-0.39, 0.29) is 22.6 Å². The molecule has 1 N–H and O–H groups in total. The fourth-order valence-electron chi connectivity index (χ4n) is 2.03. The molecule has 25 heavy (non-hydrogen) atoms. The fourth-order valence-corrected chi connectivity index (χ4v) is 2.66. The summed E-state index contributed by atoms with van der Waals surface area (Å²) in [5, 5.41) is 13.6. The van der Waals surface area contributed by atoms with E-state index < -0.39 is 15.7 Å². The summed E-state index contributed by atoms with van der Waals surface area (Å²) < 4.78 is 33.1. The van der Waals surface area contributed by atoms with Crippen molar-refractivity contribution >= 4 is 21.8 Å². The summed E-state index contributed by atoms with van der Waals surface area (Å²) in [6, 6.07) is 7.76. The van der Waals surface area contributed by atoms with E-state index >= 15 is 0 Å². The molecule has 0 atom stereocenters. The molecule has 0 saturated carbocycles. The molecule has 3 rings (SSSR count). The molecule has 1 aromatic carbocycles. The van der Waals surface area contributed by atoms with Gasteiger partial charge in [0.1, 0.15) is 0 Å². The van der Waals surface area contributed by atoms with Crippen LogP contribution in [0, 0.1) is 6.92 Å². The SMILES string of the molecule is Cc1cc(C(=O)Nc2nnc(Cc3ccc(S(C)(=O)=O)cc3)o2)on1. The zero-order valence-corrected chi connectivity index (χ0v) is 14.2. The van der Waals surface area contributed by atoms with Crippen LogP contribution >= 0.6 is 0 Å². The van der Waals surface area contributed by atoms with Crippen LogP contribution in [-0.2, 0) is 16.3 Å². The third-order valence-corrected chi connectivity index (χ3v) is 4.37. The number of aryl methyl sites for hydroxylation is 1. The molecule has 0 bridgehead atoms. The second-order valence-corrected chi connectivity index (χ2v) is 7.40. The number of hydrogen-bond acceptors (Lipinski definition) is 8. The highest BCUT2D eigenvalue weighted by Crippen LogP contribution is 2.15. The van der Waals surface area contributed by atoms with Gasteiger partial charge in [-0.1, -0.05) is 22.4 Å². The highest BCUT2D eigenvalue weighted by atomic mass is 32.2. The number of hydrogen-bond donors (Lipinski definition) is 1. The molecule has 0 unspecified atom stereocenters. The largest absolute Gasteiger partial charge is 0.407 e. The van der Waals surface area contributed by atoms with E-state index in [1.54, 1.807) is 19.1 Å². The van der Waals surface area contributed by atoms with Crippen LogP contribution in [0.5, 0.6) is 0 Å². The lowest BCUT2D eigenvalue weighted by Gasteiger charge is -2.00. The molecule has 9 nitrogen and oxygen atoms in total. The zero-order valence-electron chi connectivity index (χ0n) is 13.4. The third kappa shape index (κ3) is 4.10. The van der Waals surface area contributed by atoms with Gasteiger partial charge < -0.3 is 8.94 Å². The fraction of sp³-hybridized carbons (Fsp3) is 0.200. The van der Waals surface area contributed by atoms with Crippen LogP contribution in [0.4, 0.5) is 6.01 Å². The Morgan fingerprint density at radius 2 is 1.92 bits per heavy atom. The number of carbonyl (C=O) groups excluding carboxylic acids is 1. The van der Waals surface area contributed by atoms with Crippen molar-refractivity contribution in [3.63, 3.8) is 0 Å². The molecule has 0 spiro atoms. The molecule has 0 aliphatic heterocycles. The highest BCUT2D eigenvalue weighted by molar-refractivity contribution is 7.90. The summed E-state index contributed by atoms with van der Waals surface area (Å²) in [5.74, 6) is -0.238. The summed E-state index contributed by atoms with van der Waals surface area (Å²) in [7, 11) is -3.24. The highest BCUT2D eigenvalue weighted by Gasteiger charge is 2.16. The number of benzene rings is 1. The summed E-state index contributed by atoms with van der Waals surface area (Å²) in [5.41, 5.74) is 1.37. The lowest BCUT2D eigenvalue weighted by Crippen LogP contribution is -2.11. The summed E-state index contributed by atoms with van der Waals surface area (Å²) in [4.78, 5) is 12.1. The number of nitrogens with zero attached hydrogens (tertiary/aromatic N) is 3. The molecule has 0 saturated heterocycles. The van der Waals surface area contributed by atoms with Crippen molar-refractivity contribution in [2.75, 3.05) is 11.6 Å². The monoisotopic (exact) mass is 362 g/mol. The van der Waals surface area contributed by atoms with Crippen molar-refractivity contribution in [1.29, 1.82) is 0 Å². The summed E-state index contributed by atoms with van der Waals surface area (Å²) >= 11 is 0. The quantitative estimate of drug-likeness (QED) is 0.725. The predicted molar refractivity (Wildman–Crippen MR) is 85.8 cm³/mol. The minimum atomic E-state index is -3.24. The van der Waals surface area contributed by atoms with Crippen LogP contribution in [0.2, 0.25) is 0 Å². The van der Waals surface area contributed by atoms with Crippen LogP contribution in [-0.4, -0.2) is 35.9 Å². The molecule has 2 aromatic heterocycles. The molecule has 1 amide bonds. The van der Waals surface area contributed by atoms with E-state index in [9.17, 15) is 13.2 Å². The Morgan fingerprint density at radius 1 is 1.20 bits per heavy atom. The predicted octanol–water partition coefficient (Wildman–Crippen LogP) is 1.61. The first-order chi connectivity index (χ1) is 11.8. The second kappa shape index (κ2) is 6.48. The lowest BCUT2D eigenvalue weighted by molar-refractivity contribution is 0.0985. The molecule has 2 heterocycles. The van der Waals surface area contributed by atoms with Crippen LogP contribution in [0.1, 0.15) is 27.7 Å². The topological polar surface area (TPSA) is 128 Å². The Hall–Kier alpha value is -3.01. The first-order valence-corrected chi connectivity index (χ1v) is 9.06. The van der Waals surface area contributed by atoms with Crippen molar-refractivity contribution in [2.24, 2.45) is 0 Å². The van der Waals surface area contributed by atoms with Crippen molar-refractivity contribution < 1.29 is 22.2 Å². The van der Waals surface area contributed by atoms with E-state index in [0.29, 0.717) is 12.1 Å². The molecule has 0 aliphatic rings. The standard InChI is InChI=1S/C15H14N4O5S/c1-9-7-12(24-19-9)14(20)16-15-18-17-13(23-15)8-10-3-5-11(6-4-10)25(2,21)22/h3-7H,8H2,1-2H3,(H,16,18,20). The molecule has 0 aliphatic carbocycles. The van der Waals surface area contributed by atoms with Gasteiger partial charge in [-0.25, -0.2) is 8.42 Å². The molecule has 3 aromatic rings. The number of nitrogens with one attached hydrogen (secondary N) is 1. The van der Waals surface area contributed by atoms with Crippen LogP contribution in [0.25, 0.3) is 0 Å². The maximum Gasteiger partial charge on any atom is 0.322 e. The minimum absolute atomic E-state index is 0.0358. The summed E-state index contributed by atoms with van der Waals surface area (Å²) in [6.07, 6.45) is 1.44. The number of amides is 1.